The minimum absolute atomic E-state index is 0.436. The Morgan fingerprint density at radius 3 is 2.00 bits per heavy atom. The molecule has 0 aromatic heterocycles. The monoisotopic (exact) mass is 247 g/mol. The molecule has 0 atom stereocenters. The Balaban J connectivity index is 0.000000574. The maximum absolute atomic E-state index is 11.1. The highest BCUT2D eigenvalue weighted by atomic mass is 16.2. The van der Waals surface area contributed by atoms with Gasteiger partial charge in [-0.05, 0) is 67.8 Å². The van der Waals surface area contributed by atoms with Crippen LogP contribution >= 0.6 is 0 Å². The summed E-state index contributed by atoms with van der Waals surface area (Å²) in [5.74, 6) is 0. The first-order valence-electron chi connectivity index (χ1n) is 6.56. The molecule has 0 bridgehead atoms. The van der Waals surface area contributed by atoms with E-state index in [0.717, 1.165) is 31.4 Å². The predicted molar refractivity (Wildman–Crippen MR) is 73.8 cm³/mol. The highest BCUT2D eigenvalue weighted by molar-refractivity contribution is 5.90. The third-order valence-corrected chi connectivity index (χ3v) is 3.72. The predicted octanol–water partition coefficient (Wildman–Crippen LogP) is 1.73. The molecule has 0 unspecified atom stereocenters. The molecule has 0 saturated heterocycles. The van der Waals surface area contributed by atoms with Crippen molar-refractivity contribution in [3.8, 4) is 0 Å². The van der Waals surface area contributed by atoms with E-state index in [2.05, 4.69) is 17.1 Å². The number of nitrogens with two attached hydrogens (primary N) is 2. The first-order valence-corrected chi connectivity index (χ1v) is 6.56. The van der Waals surface area contributed by atoms with E-state index in [1.54, 1.807) is 0 Å². The lowest BCUT2D eigenvalue weighted by molar-refractivity contribution is 0.259. The number of anilines is 1. The molecule has 0 heterocycles. The molecular weight excluding hydrogens is 226 g/mol. The van der Waals surface area contributed by atoms with E-state index in [4.69, 9.17) is 5.73 Å². The lowest BCUT2D eigenvalue weighted by atomic mass is 9.99. The van der Waals surface area contributed by atoms with Crippen molar-refractivity contribution in [3.05, 3.63) is 28.3 Å². The standard InChI is InChI=1S/C13H16N2O.CH5N/c14-13(16)15-12-10-5-1-3-8(10)7-9-4-2-6-11(9)12;1-2/h7H,1-6H2,(H3,14,15,16);2H2,1H3. The molecule has 0 saturated carbocycles. The molecule has 5 N–H and O–H groups in total. The van der Waals surface area contributed by atoms with Crippen molar-refractivity contribution < 1.29 is 4.79 Å². The maximum Gasteiger partial charge on any atom is 0.316 e. The van der Waals surface area contributed by atoms with Gasteiger partial charge in [0.15, 0.2) is 0 Å². The number of amides is 2. The average Bonchev–Trinajstić information content (AvgIpc) is 2.98. The van der Waals surface area contributed by atoms with Gasteiger partial charge in [-0.3, -0.25) is 0 Å². The SMILES string of the molecule is CN.NC(=O)Nc1c2c(cc3c1CCC3)CCC2. The number of benzene rings is 1. The Labute approximate surface area is 108 Å². The van der Waals surface area contributed by atoms with Crippen LogP contribution in [0.2, 0.25) is 0 Å². The van der Waals surface area contributed by atoms with Crippen LogP contribution in [0, 0.1) is 0 Å². The number of aryl methyl sites for hydroxylation is 2. The van der Waals surface area contributed by atoms with E-state index < -0.39 is 6.03 Å². The fourth-order valence-corrected chi connectivity index (χ4v) is 3.09. The van der Waals surface area contributed by atoms with Crippen LogP contribution in [-0.2, 0) is 25.7 Å². The second-order valence-electron chi connectivity index (χ2n) is 4.72. The maximum atomic E-state index is 11.1. The van der Waals surface area contributed by atoms with E-state index in [9.17, 15) is 4.79 Å². The second-order valence-corrected chi connectivity index (χ2v) is 4.72. The summed E-state index contributed by atoms with van der Waals surface area (Å²) in [6, 6.07) is 1.91. The third kappa shape index (κ3) is 2.20. The largest absolute Gasteiger partial charge is 0.351 e. The van der Waals surface area contributed by atoms with Crippen molar-refractivity contribution in [1.29, 1.82) is 0 Å². The van der Waals surface area contributed by atoms with Crippen LogP contribution < -0.4 is 16.8 Å². The molecule has 4 heteroatoms. The Morgan fingerprint density at radius 1 is 1.06 bits per heavy atom. The van der Waals surface area contributed by atoms with Crippen molar-refractivity contribution in [2.45, 2.75) is 38.5 Å². The van der Waals surface area contributed by atoms with Gasteiger partial charge in [-0.1, -0.05) is 6.07 Å². The second kappa shape index (κ2) is 5.40. The molecule has 0 radical (unpaired) electrons. The zero-order chi connectivity index (χ0) is 13.1. The molecular formula is C14H21N3O. The van der Waals surface area contributed by atoms with Crippen LogP contribution in [0.5, 0.6) is 0 Å². The van der Waals surface area contributed by atoms with Gasteiger partial charge in [-0.25, -0.2) is 4.79 Å². The minimum Gasteiger partial charge on any atom is -0.351 e. The van der Waals surface area contributed by atoms with Crippen molar-refractivity contribution in [2.75, 3.05) is 12.4 Å². The van der Waals surface area contributed by atoms with Crippen LogP contribution in [0.15, 0.2) is 6.07 Å². The van der Waals surface area contributed by atoms with Gasteiger partial charge in [-0.2, -0.15) is 0 Å². The van der Waals surface area contributed by atoms with Crippen molar-refractivity contribution in [3.63, 3.8) is 0 Å². The fourth-order valence-electron chi connectivity index (χ4n) is 3.09. The van der Waals surface area contributed by atoms with Crippen molar-refractivity contribution in [2.24, 2.45) is 11.5 Å². The van der Waals surface area contributed by atoms with E-state index in [1.165, 1.54) is 42.1 Å². The molecule has 2 amide bonds. The highest BCUT2D eigenvalue weighted by Gasteiger charge is 2.24. The fraction of sp³-hybridized carbons (Fsp3) is 0.500. The topological polar surface area (TPSA) is 81.1 Å². The zero-order valence-electron chi connectivity index (χ0n) is 10.9. The van der Waals surface area contributed by atoms with Gasteiger partial charge in [0.25, 0.3) is 0 Å². The number of hydrogen-bond donors (Lipinski definition) is 3. The smallest absolute Gasteiger partial charge is 0.316 e. The van der Waals surface area contributed by atoms with Gasteiger partial charge in [0.2, 0.25) is 0 Å². The van der Waals surface area contributed by atoms with Gasteiger partial charge in [0.05, 0.1) is 0 Å². The normalized spacial score (nSPS) is 15.4. The average molecular weight is 247 g/mol. The van der Waals surface area contributed by atoms with Crippen molar-refractivity contribution >= 4 is 11.7 Å². The van der Waals surface area contributed by atoms with Crippen LogP contribution in [0.4, 0.5) is 10.5 Å². The van der Waals surface area contributed by atoms with Gasteiger partial charge >= 0.3 is 6.03 Å². The number of hydrogen-bond acceptors (Lipinski definition) is 2. The van der Waals surface area contributed by atoms with Gasteiger partial charge < -0.3 is 16.8 Å². The first kappa shape index (κ1) is 12.9. The summed E-state index contributed by atoms with van der Waals surface area (Å²) in [5.41, 5.74) is 16.3. The number of nitrogens with one attached hydrogen (secondary N) is 1. The van der Waals surface area contributed by atoms with Gasteiger partial charge in [-0.15, -0.1) is 0 Å². The quantitative estimate of drug-likeness (QED) is 0.706. The summed E-state index contributed by atoms with van der Waals surface area (Å²) < 4.78 is 0. The van der Waals surface area contributed by atoms with E-state index >= 15 is 0 Å². The number of rotatable bonds is 1. The molecule has 2 aliphatic rings. The number of carbonyl (C=O) groups excluding carboxylic acids is 1. The molecule has 4 nitrogen and oxygen atoms in total. The molecule has 2 aliphatic carbocycles. The Kier molecular flexibility index (Phi) is 3.87. The molecule has 0 aliphatic heterocycles. The van der Waals surface area contributed by atoms with Crippen LogP contribution in [0.25, 0.3) is 0 Å². The third-order valence-electron chi connectivity index (χ3n) is 3.72. The van der Waals surface area contributed by atoms with Crippen LogP contribution in [-0.4, -0.2) is 13.1 Å². The molecule has 0 spiro atoms. The zero-order valence-corrected chi connectivity index (χ0v) is 10.9. The lowest BCUT2D eigenvalue weighted by Gasteiger charge is -2.14. The summed E-state index contributed by atoms with van der Waals surface area (Å²) in [4.78, 5) is 11.1. The number of carbonyl (C=O) groups is 1. The van der Waals surface area contributed by atoms with Crippen LogP contribution in [0.1, 0.15) is 35.1 Å². The number of primary amides is 1. The summed E-state index contributed by atoms with van der Waals surface area (Å²) in [6.45, 7) is 0. The van der Waals surface area contributed by atoms with Gasteiger partial charge in [0, 0.05) is 5.69 Å². The summed E-state index contributed by atoms with van der Waals surface area (Å²) in [6.07, 6.45) is 6.86. The first-order chi connectivity index (χ1) is 8.75. The van der Waals surface area contributed by atoms with Crippen molar-refractivity contribution in [1.82, 2.24) is 0 Å². The Morgan fingerprint density at radius 2 is 1.56 bits per heavy atom. The molecule has 1 aromatic carbocycles. The number of fused-ring (bicyclic) bond motifs is 2. The Hall–Kier alpha value is -1.55. The van der Waals surface area contributed by atoms with E-state index in [1.807, 2.05) is 0 Å². The minimum atomic E-state index is -0.436. The summed E-state index contributed by atoms with van der Waals surface area (Å²) in [7, 11) is 1.50. The molecule has 98 valence electrons. The lowest BCUT2D eigenvalue weighted by Crippen LogP contribution is -2.21. The van der Waals surface area contributed by atoms with E-state index in [-0.39, 0.29) is 0 Å². The molecule has 0 fully saturated rings. The summed E-state index contributed by atoms with van der Waals surface area (Å²) >= 11 is 0. The van der Waals surface area contributed by atoms with Gasteiger partial charge in [0.1, 0.15) is 0 Å². The molecule has 3 rings (SSSR count). The number of urea groups is 1. The molecule has 1 aromatic rings. The molecule has 18 heavy (non-hydrogen) atoms. The summed E-state index contributed by atoms with van der Waals surface area (Å²) in [5, 5.41) is 2.84. The van der Waals surface area contributed by atoms with Crippen LogP contribution in [0.3, 0.4) is 0 Å². The van der Waals surface area contributed by atoms with E-state index in [0.29, 0.717) is 0 Å². The highest BCUT2D eigenvalue weighted by Crippen LogP contribution is 2.38. The Bertz CT molecular complexity index is 436.